The van der Waals surface area contributed by atoms with Crippen molar-refractivity contribution in [2.75, 3.05) is 27.9 Å². The Bertz CT molecular complexity index is 834. The zero-order valence-electron chi connectivity index (χ0n) is 14.8. The van der Waals surface area contributed by atoms with Gasteiger partial charge in [0, 0.05) is 7.11 Å². The molecule has 6 heteroatoms. The van der Waals surface area contributed by atoms with Crippen LogP contribution in [-0.2, 0) is 9.53 Å². The normalized spacial score (nSPS) is 10.8. The van der Waals surface area contributed by atoms with Crippen molar-refractivity contribution < 1.29 is 23.7 Å². The van der Waals surface area contributed by atoms with Gasteiger partial charge in [-0.2, -0.15) is 5.26 Å². The molecule has 2 aromatic rings. The molecule has 0 aliphatic rings. The quantitative estimate of drug-likeness (QED) is 0.329. The molecule has 134 valence electrons. The van der Waals surface area contributed by atoms with Crippen molar-refractivity contribution in [1.29, 1.82) is 5.26 Å². The molecular weight excluding hydrogens is 334 g/mol. The summed E-state index contributed by atoms with van der Waals surface area (Å²) in [6, 6.07) is 14.4. The number of carbonyl (C=O) groups is 1. The maximum absolute atomic E-state index is 11.6. The molecule has 0 amide bonds. The largest absolute Gasteiger partial charge is 0.497 e. The molecule has 26 heavy (non-hydrogen) atoms. The van der Waals surface area contributed by atoms with E-state index in [0.29, 0.717) is 11.3 Å². The summed E-state index contributed by atoms with van der Waals surface area (Å²) in [6.45, 7) is -0.152. The van der Waals surface area contributed by atoms with Crippen LogP contribution in [0.25, 0.3) is 11.6 Å². The second-order valence-electron chi connectivity index (χ2n) is 5.22. The highest BCUT2D eigenvalue weighted by Crippen LogP contribution is 2.30. The Hall–Kier alpha value is -3.30. The molecule has 0 atom stereocenters. The minimum Gasteiger partial charge on any atom is -0.497 e. The fraction of sp³-hybridized carbons (Fsp3) is 0.200. The molecular formula is C20H19NO5. The monoisotopic (exact) mass is 353 g/mol. The minimum absolute atomic E-state index is 0.152. The van der Waals surface area contributed by atoms with E-state index in [4.69, 9.17) is 18.9 Å². The standard InChI is InChI=1S/C20H19NO5/c1-23-13-20(22)26-18-9-4-14(11-19(18)25-3)10-16(12-21)15-5-7-17(24-2)8-6-15/h4-11H,13H2,1-3H3/b16-10-. The predicted molar refractivity (Wildman–Crippen MR) is 97.0 cm³/mol. The topological polar surface area (TPSA) is 77.8 Å². The lowest BCUT2D eigenvalue weighted by atomic mass is 10.0. The lowest BCUT2D eigenvalue weighted by molar-refractivity contribution is -0.138. The molecule has 0 fully saturated rings. The number of ether oxygens (including phenoxy) is 4. The molecule has 0 heterocycles. The van der Waals surface area contributed by atoms with Crippen LogP contribution >= 0.6 is 0 Å². The average Bonchev–Trinajstić information content (AvgIpc) is 2.67. The van der Waals surface area contributed by atoms with Gasteiger partial charge >= 0.3 is 5.97 Å². The zero-order chi connectivity index (χ0) is 18.9. The van der Waals surface area contributed by atoms with Crippen LogP contribution in [0.4, 0.5) is 0 Å². The molecule has 2 rings (SSSR count). The number of hydrogen-bond acceptors (Lipinski definition) is 6. The molecule has 0 aromatic heterocycles. The van der Waals surface area contributed by atoms with Gasteiger partial charge in [-0.3, -0.25) is 0 Å². The van der Waals surface area contributed by atoms with Crippen molar-refractivity contribution in [3.05, 3.63) is 53.6 Å². The highest BCUT2D eigenvalue weighted by molar-refractivity contribution is 5.90. The molecule has 0 saturated heterocycles. The van der Waals surface area contributed by atoms with Gasteiger partial charge in [0.25, 0.3) is 0 Å². The van der Waals surface area contributed by atoms with Crippen LogP contribution in [0.1, 0.15) is 11.1 Å². The number of nitriles is 1. The third-order valence-electron chi connectivity index (χ3n) is 3.51. The summed E-state index contributed by atoms with van der Waals surface area (Å²) in [4.78, 5) is 11.6. The number of allylic oxidation sites excluding steroid dienone is 1. The Labute approximate surface area is 152 Å². The van der Waals surface area contributed by atoms with Gasteiger partial charge in [-0.25, -0.2) is 4.79 Å². The molecule has 0 N–H and O–H groups in total. The van der Waals surface area contributed by atoms with E-state index in [0.717, 1.165) is 16.9 Å². The van der Waals surface area contributed by atoms with E-state index in [-0.39, 0.29) is 12.4 Å². The molecule has 0 spiro atoms. The maximum atomic E-state index is 11.6. The number of carbonyl (C=O) groups excluding carboxylic acids is 1. The first-order chi connectivity index (χ1) is 12.6. The van der Waals surface area contributed by atoms with Crippen molar-refractivity contribution in [2.24, 2.45) is 0 Å². The number of hydrogen-bond donors (Lipinski definition) is 0. The minimum atomic E-state index is -0.523. The van der Waals surface area contributed by atoms with Crippen molar-refractivity contribution in [3.8, 4) is 23.3 Å². The van der Waals surface area contributed by atoms with Gasteiger partial charge < -0.3 is 18.9 Å². The van der Waals surface area contributed by atoms with E-state index in [9.17, 15) is 10.1 Å². The van der Waals surface area contributed by atoms with Crippen LogP contribution in [0.5, 0.6) is 17.2 Å². The predicted octanol–water partition coefficient (Wildman–Crippen LogP) is 3.32. The summed E-state index contributed by atoms with van der Waals surface area (Å²) in [5.41, 5.74) is 1.99. The second kappa shape index (κ2) is 9.25. The first kappa shape index (κ1) is 19.0. The van der Waals surface area contributed by atoms with Gasteiger partial charge in [-0.05, 0) is 53.6 Å². The summed E-state index contributed by atoms with van der Waals surface area (Å²) >= 11 is 0. The Kier molecular flexibility index (Phi) is 6.77. The fourth-order valence-corrected chi connectivity index (χ4v) is 2.25. The average molecular weight is 353 g/mol. The molecule has 6 nitrogen and oxygen atoms in total. The van der Waals surface area contributed by atoms with Crippen LogP contribution in [0, 0.1) is 11.3 Å². The van der Waals surface area contributed by atoms with Crippen molar-refractivity contribution in [3.63, 3.8) is 0 Å². The van der Waals surface area contributed by atoms with Gasteiger partial charge in [0.1, 0.15) is 12.4 Å². The van der Waals surface area contributed by atoms with Gasteiger partial charge in [-0.15, -0.1) is 0 Å². The molecule has 0 saturated carbocycles. The Balaban J connectivity index is 2.30. The Morgan fingerprint density at radius 2 is 1.77 bits per heavy atom. The first-order valence-corrected chi connectivity index (χ1v) is 7.75. The van der Waals surface area contributed by atoms with Gasteiger partial charge in [0.2, 0.25) is 0 Å². The van der Waals surface area contributed by atoms with E-state index in [1.54, 1.807) is 43.5 Å². The summed E-state index contributed by atoms with van der Waals surface area (Å²) in [6.07, 6.45) is 1.73. The summed E-state index contributed by atoms with van der Waals surface area (Å²) < 4.78 is 20.3. The van der Waals surface area contributed by atoms with E-state index < -0.39 is 5.97 Å². The SMILES string of the molecule is COCC(=O)Oc1ccc(/C=C(/C#N)c2ccc(OC)cc2)cc1OC. The lowest BCUT2D eigenvalue weighted by Crippen LogP contribution is -2.14. The van der Waals surface area contributed by atoms with Crippen molar-refractivity contribution in [2.45, 2.75) is 0 Å². The van der Waals surface area contributed by atoms with Crippen LogP contribution < -0.4 is 14.2 Å². The summed E-state index contributed by atoms with van der Waals surface area (Å²) in [5, 5.41) is 9.46. The van der Waals surface area contributed by atoms with E-state index in [1.165, 1.54) is 14.2 Å². The van der Waals surface area contributed by atoms with Crippen LogP contribution in [0.15, 0.2) is 42.5 Å². The summed E-state index contributed by atoms with van der Waals surface area (Å²) in [5.74, 6) is 0.866. The molecule has 0 bridgehead atoms. The number of nitrogens with zero attached hydrogens (tertiary/aromatic N) is 1. The fourth-order valence-electron chi connectivity index (χ4n) is 2.25. The zero-order valence-corrected chi connectivity index (χ0v) is 14.8. The molecule has 0 aliphatic carbocycles. The maximum Gasteiger partial charge on any atom is 0.337 e. The third-order valence-corrected chi connectivity index (χ3v) is 3.51. The van der Waals surface area contributed by atoms with E-state index in [1.807, 2.05) is 12.1 Å². The second-order valence-corrected chi connectivity index (χ2v) is 5.22. The molecule has 2 aromatic carbocycles. The molecule has 0 aliphatic heterocycles. The Morgan fingerprint density at radius 3 is 2.35 bits per heavy atom. The van der Waals surface area contributed by atoms with Crippen LogP contribution in [-0.4, -0.2) is 33.9 Å². The number of methoxy groups -OCH3 is 3. The number of esters is 1. The smallest absolute Gasteiger partial charge is 0.337 e. The Morgan fingerprint density at radius 1 is 1.04 bits per heavy atom. The van der Waals surface area contributed by atoms with E-state index >= 15 is 0 Å². The third kappa shape index (κ3) is 4.85. The molecule has 0 unspecified atom stereocenters. The van der Waals surface area contributed by atoms with Crippen LogP contribution in [0.3, 0.4) is 0 Å². The van der Waals surface area contributed by atoms with Crippen LogP contribution in [0.2, 0.25) is 0 Å². The van der Waals surface area contributed by atoms with Crippen molar-refractivity contribution >= 4 is 17.6 Å². The number of benzene rings is 2. The van der Waals surface area contributed by atoms with Gasteiger partial charge in [-0.1, -0.05) is 6.07 Å². The van der Waals surface area contributed by atoms with Crippen molar-refractivity contribution in [1.82, 2.24) is 0 Å². The molecule has 0 radical (unpaired) electrons. The highest BCUT2D eigenvalue weighted by Gasteiger charge is 2.11. The highest BCUT2D eigenvalue weighted by atomic mass is 16.6. The first-order valence-electron chi connectivity index (χ1n) is 7.75. The van der Waals surface area contributed by atoms with Gasteiger partial charge in [0.05, 0.1) is 25.9 Å². The van der Waals surface area contributed by atoms with Gasteiger partial charge in [0.15, 0.2) is 11.5 Å². The lowest BCUT2D eigenvalue weighted by Gasteiger charge is -2.10. The number of rotatable bonds is 7. The van der Waals surface area contributed by atoms with E-state index in [2.05, 4.69) is 6.07 Å². The summed E-state index contributed by atoms with van der Waals surface area (Å²) in [7, 11) is 4.48.